The Labute approximate surface area is 451 Å². The van der Waals surface area contributed by atoms with Gasteiger partial charge in [0.15, 0.2) is 0 Å². The Morgan fingerprint density at radius 3 is 1.48 bits per heavy atom. The van der Waals surface area contributed by atoms with E-state index in [1.165, 1.54) is 24.3 Å². The molecule has 2 amide bonds. The van der Waals surface area contributed by atoms with Crippen molar-refractivity contribution in [2.45, 2.75) is 65.5 Å². The largest absolute Gasteiger partial charge is 0.365 e. The number of fused-ring (bicyclic) bond motifs is 2. The summed E-state index contributed by atoms with van der Waals surface area (Å²) in [6.07, 6.45) is 2.65. The average molecular weight is 1060 g/mol. The van der Waals surface area contributed by atoms with E-state index in [-0.39, 0.29) is 68.9 Å². The Kier molecular flexibility index (Phi) is 15.7. The molecule has 0 spiro atoms. The number of pyridine rings is 4. The van der Waals surface area contributed by atoms with Crippen LogP contribution in [-0.2, 0) is 9.59 Å². The van der Waals surface area contributed by atoms with Crippen LogP contribution in [0.3, 0.4) is 0 Å². The van der Waals surface area contributed by atoms with Crippen molar-refractivity contribution in [3.8, 4) is 33.9 Å². The van der Waals surface area contributed by atoms with Crippen molar-refractivity contribution in [2.75, 3.05) is 49.1 Å². The highest BCUT2D eigenvalue weighted by atomic mass is 35.5. The first kappa shape index (κ1) is 53.6. The van der Waals surface area contributed by atoms with Crippen molar-refractivity contribution >= 4 is 56.9 Å². The van der Waals surface area contributed by atoms with Crippen molar-refractivity contribution in [1.29, 1.82) is 0 Å². The molecular weight excluding hydrogens is 994 g/mol. The summed E-state index contributed by atoms with van der Waals surface area (Å²) in [4.78, 5) is 69.7. The third kappa shape index (κ3) is 10.5. The molecule has 2 aliphatic rings. The molecule has 4 aromatic heterocycles. The monoisotopic (exact) mass is 1050 g/mol. The molecular formula is C62H61ClF2N8O4. The molecule has 2 saturated heterocycles. The van der Waals surface area contributed by atoms with Gasteiger partial charge in [-0.05, 0) is 104 Å². The van der Waals surface area contributed by atoms with Crippen molar-refractivity contribution in [2.24, 2.45) is 0 Å². The number of carbonyl (C=O) groups is 2. The van der Waals surface area contributed by atoms with Crippen LogP contribution in [0.15, 0.2) is 162 Å². The summed E-state index contributed by atoms with van der Waals surface area (Å²) in [6, 6.07) is 37.0. The van der Waals surface area contributed by atoms with E-state index in [1.54, 1.807) is 79.6 Å². The minimum Gasteiger partial charge on any atom is -0.365 e. The molecule has 394 valence electrons. The first-order chi connectivity index (χ1) is 37.0. The van der Waals surface area contributed by atoms with Crippen molar-refractivity contribution in [3.63, 3.8) is 0 Å². The van der Waals surface area contributed by atoms with Crippen LogP contribution in [0.1, 0.15) is 64.5 Å². The smallest absolute Gasteiger partial charge is 0.258 e. The Morgan fingerprint density at radius 1 is 0.571 bits per heavy atom. The summed E-state index contributed by atoms with van der Waals surface area (Å²) >= 11 is 6.76. The maximum absolute atomic E-state index is 14.9. The number of piperazine rings is 2. The fraction of sp³-hybridized carbons (Fsp3) is 0.258. The number of hydrogen-bond donors (Lipinski definition) is 0. The van der Waals surface area contributed by atoms with Crippen LogP contribution in [0.5, 0.6) is 0 Å². The highest BCUT2D eigenvalue weighted by Crippen LogP contribution is 2.38. The van der Waals surface area contributed by atoms with E-state index in [0.717, 1.165) is 33.6 Å². The molecule has 2 atom stereocenters. The van der Waals surface area contributed by atoms with Gasteiger partial charge in [0.1, 0.15) is 22.9 Å². The summed E-state index contributed by atoms with van der Waals surface area (Å²) < 4.78 is 32.8. The SMILES string of the molecule is C=CC(=O)N1CCN(c2cc(=O)n(-c3ccccc3C(C)C)c3nc(-c4ccccc4F)c(Cl)cc23)[C@@H](C)C1.C=CC(=O)N1CCN(c2cc(=O)n(-c3ccccc3C(C)C)c3nc(-c4ccccc4F)ccc23)[C@@H](C)C1. The molecule has 2 aliphatic heterocycles. The van der Waals surface area contributed by atoms with E-state index >= 15 is 0 Å². The Hall–Kier alpha value is -8.23. The second-order valence-corrected chi connectivity index (χ2v) is 20.5. The number of amides is 2. The number of aromatic nitrogens is 4. The molecule has 4 aromatic carbocycles. The second-order valence-electron chi connectivity index (χ2n) is 20.1. The molecule has 0 bridgehead atoms. The molecule has 15 heteroatoms. The number of carbonyl (C=O) groups excluding carboxylic acids is 2. The molecule has 0 saturated carbocycles. The number of rotatable bonds is 10. The van der Waals surface area contributed by atoms with Gasteiger partial charge in [0.25, 0.3) is 11.1 Å². The number of halogens is 3. The zero-order chi connectivity index (χ0) is 54.8. The van der Waals surface area contributed by atoms with Gasteiger partial charge in [0.2, 0.25) is 11.8 Å². The Morgan fingerprint density at radius 2 is 1.01 bits per heavy atom. The first-order valence-electron chi connectivity index (χ1n) is 25.9. The maximum Gasteiger partial charge on any atom is 0.258 e. The molecule has 0 aliphatic carbocycles. The van der Waals surface area contributed by atoms with Gasteiger partial charge in [0, 0.05) is 85.4 Å². The highest BCUT2D eigenvalue weighted by Gasteiger charge is 2.31. The Balaban J connectivity index is 0.000000188. The van der Waals surface area contributed by atoms with Gasteiger partial charge in [-0.25, -0.2) is 18.7 Å². The average Bonchev–Trinajstić information content (AvgIpc) is 3.45. The van der Waals surface area contributed by atoms with Crippen LogP contribution in [0.2, 0.25) is 5.02 Å². The standard InChI is InChI=1S/C31H30ClFN4O2.C31H31FN4O2/c1-5-28(38)35-14-15-36(20(4)18-35)27-17-29(39)37(26-13-9-7-10-21(26)19(2)3)31-23(27)16-24(32)30(34-31)22-11-6-8-12-25(22)33;1-5-29(37)34-16-17-35(21(4)19-34)28-18-30(38)36(27-13-9-7-10-22(27)20(2)3)31-24(28)14-15-26(33-31)23-11-6-8-12-25(23)32/h5-13,16-17,19-20H,1,14-15,18H2,2-4H3;5-15,18,20-21H,1,16-17,19H2,2-4H3/t20-;21-/m00/s1. The Bertz CT molecular complexity index is 3720. The van der Waals surface area contributed by atoms with Gasteiger partial charge in [-0.2, -0.15) is 0 Å². The molecule has 2 fully saturated rings. The van der Waals surface area contributed by atoms with Gasteiger partial charge >= 0.3 is 0 Å². The normalized spacial score (nSPS) is 15.7. The van der Waals surface area contributed by atoms with Crippen LogP contribution >= 0.6 is 11.6 Å². The minimum absolute atomic E-state index is 0.0275. The van der Waals surface area contributed by atoms with Gasteiger partial charge in [-0.3, -0.25) is 28.3 Å². The zero-order valence-electron chi connectivity index (χ0n) is 44.1. The quantitative estimate of drug-likeness (QED) is 0.124. The third-order valence-electron chi connectivity index (χ3n) is 14.5. The van der Waals surface area contributed by atoms with E-state index in [0.29, 0.717) is 72.9 Å². The van der Waals surface area contributed by atoms with Crippen LogP contribution in [0.4, 0.5) is 20.2 Å². The molecule has 6 heterocycles. The van der Waals surface area contributed by atoms with Crippen molar-refractivity contribution < 1.29 is 18.4 Å². The summed E-state index contributed by atoms with van der Waals surface area (Å²) in [5, 5.41) is 1.75. The number of benzene rings is 4. The lowest BCUT2D eigenvalue weighted by Gasteiger charge is -2.41. The lowest BCUT2D eigenvalue weighted by molar-refractivity contribution is -0.127. The topological polar surface area (TPSA) is 117 Å². The summed E-state index contributed by atoms with van der Waals surface area (Å²) in [5.74, 6) is -0.710. The molecule has 8 aromatic rings. The summed E-state index contributed by atoms with van der Waals surface area (Å²) in [7, 11) is 0. The van der Waals surface area contributed by atoms with Crippen molar-refractivity contribution in [3.05, 3.63) is 201 Å². The zero-order valence-corrected chi connectivity index (χ0v) is 44.8. The van der Waals surface area contributed by atoms with E-state index in [4.69, 9.17) is 21.6 Å². The second kappa shape index (κ2) is 22.5. The molecule has 0 unspecified atom stereocenters. The van der Waals surface area contributed by atoms with E-state index in [9.17, 15) is 28.0 Å². The first-order valence-corrected chi connectivity index (χ1v) is 26.3. The molecule has 77 heavy (non-hydrogen) atoms. The number of hydrogen-bond acceptors (Lipinski definition) is 8. The highest BCUT2D eigenvalue weighted by molar-refractivity contribution is 6.34. The number of nitrogens with zero attached hydrogens (tertiary/aromatic N) is 8. The van der Waals surface area contributed by atoms with Crippen LogP contribution < -0.4 is 20.9 Å². The number of anilines is 2. The van der Waals surface area contributed by atoms with E-state index in [1.807, 2.05) is 68.4 Å². The lowest BCUT2D eigenvalue weighted by Crippen LogP contribution is -2.53. The predicted molar refractivity (Wildman–Crippen MR) is 306 cm³/mol. The van der Waals surface area contributed by atoms with Crippen LogP contribution in [0, 0.1) is 11.6 Å². The van der Waals surface area contributed by atoms with E-state index in [2.05, 4.69) is 50.7 Å². The third-order valence-corrected chi connectivity index (χ3v) is 14.8. The fourth-order valence-electron chi connectivity index (χ4n) is 10.6. The molecule has 12 nitrogen and oxygen atoms in total. The van der Waals surface area contributed by atoms with Gasteiger partial charge in [0.05, 0.1) is 39.2 Å². The van der Waals surface area contributed by atoms with Gasteiger partial charge < -0.3 is 19.6 Å². The van der Waals surface area contributed by atoms with Crippen LogP contribution in [-0.4, -0.2) is 92.1 Å². The van der Waals surface area contributed by atoms with E-state index < -0.39 is 5.82 Å². The predicted octanol–water partition coefficient (Wildman–Crippen LogP) is 11.7. The summed E-state index contributed by atoms with van der Waals surface area (Å²) in [5.41, 5.74) is 6.69. The van der Waals surface area contributed by atoms with Gasteiger partial charge in [-0.15, -0.1) is 0 Å². The molecule has 0 radical (unpaired) electrons. The number of para-hydroxylation sites is 2. The molecule has 10 rings (SSSR count). The van der Waals surface area contributed by atoms with Gasteiger partial charge in [-0.1, -0.05) is 113 Å². The lowest BCUT2D eigenvalue weighted by atomic mass is 10.0. The maximum atomic E-state index is 14.9. The fourth-order valence-corrected chi connectivity index (χ4v) is 10.9. The van der Waals surface area contributed by atoms with Crippen LogP contribution in [0.25, 0.3) is 56.0 Å². The van der Waals surface area contributed by atoms with Crippen molar-refractivity contribution in [1.82, 2.24) is 28.9 Å². The molecule has 0 N–H and O–H groups in total. The minimum atomic E-state index is -0.449. The summed E-state index contributed by atoms with van der Waals surface area (Å²) in [6.45, 7) is 22.7.